The lowest BCUT2D eigenvalue weighted by molar-refractivity contribution is 0.223. The molecule has 0 aliphatic rings. The average molecular weight is 262 g/mol. The first kappa shape index (κ1) is 15.5. The summed E-state index contributed by atoms with van der Waals surface area (Å²) >= 11 is 0. The van der Waals surface area contributed by atoms with Crippen molar-refractivity contribution in [2.75, 3.05) is 13.2 Å². The molecule has 4 nitrogen and oxygen atoms in total. The fraction of sp³-hybridized carbons (Fsp3) is 0.533. The fourth-order valence-corrected chi connectivity index (χ4v) is 1.95. The van der Waals surface area contributed by atoms with Gasteiger partial charge < -0.3 is 15.2 Å². The van der Waals surface area contributed by atoms with Gasteiger partial charge in [-0.25, -0.2) is 0 Å². The molecular formula is C15H22N2O2. The molecule has 4 heteroatoms. The number of nitrogens with zero attached hydrogens (tertiary/aromatic N) is 1. The lowest BCUT2D eigenvalue weighted by Crippen LogP contribution is -2.33. The molecule has 1 atom stereocenters. The van der Waals surface area contributed by atoms with E-state index in [1.165, 1.54) is 0 Å². The minimum Gasteiger partial charge on any atom is -0.478 e. The van der Waals surface area contributed by atoms with Crippen LogP contribution < -0.4 is 10.1 Å². The van der Waals surface area contributed by atoms with Crippen molar-refractivity contribution in [3.05, 3.63) is 29.8 Å². The largest absolute Gasteiger partial charge is 0.478 e. The lowest BCUT2D eigenvalue weighted by Gasteiger charge is -2.19. The zero-order valence-corrected chi connectivity index (χ0v) is 11.6. The van der Waals surface area contributed by atoms with Crippen LogP contribution in [0.15, 0.2) is 24.3 Å². The van der Waals surface area contributed by atoms with Crippen LogP contribution in [-0.2, 0) is 6.54 Å². The molecule has 0 aromatic heterocycles. The van der Waals surface area contributed by atoms with Crippen LogP contribution in [-0.4, -0.2) is 24.4 Å². The van der Waals surface area contributed by atoms with Crippen LogP contribution in [0, 0.1) is 17.2 Å². The standard InChI is InChI=1S/C15H22N2O2/c1-12(2)9-14(11-18)17-10-13-5-3-4-6-15(13)19-8-7-16/h3-6,12,14,17-18H,8-11H2,1-2H3. The number of aliphatic hydroxyl groups is 1. The molecule has 1 unspecified atom stereocenters. The topological polar surface area (TPSA) is 65.3 Å². The number of rotatable bonds is 8. The maximum Gasteiger partial charge on any atom is 0.174 e. The first-order valence-electron chi connectivity index (χ1n) is 6.59. The normalized spacial score (nSPS) is 12.2. The van der Waals surface area contributed by atoms with Gasteiger partial charge in [0.25, 0.3) is 0 Å². The number of para-hydroxylation sites is 1. The molecule has 0 bridgehead atoms. The first-order valence-corrected chi connectivity index (χ1v) is 6.59. The summed E-state index contributed by atoms with van der Waals surface area (Å²) in [5, 5.41) is 21.2. The third-order valence-corrected chi connectivity index (χ3v) is 2.82. The van der Waals surface area contributed by atoms with E-state index in [2.05, 4.69) is 19.2 Å². The lowest BCUT2D eigenvalue weighted by atomic mass is 10.0. The van der Waals surface area contributed by atoms with Gasteiger partial charge in [0.1, 0.15) is 11.8 Å². The van der Waals surface area contributed by atoms with Gasteiger partial charge in [-0.15, -0.1) is 0 Å². The Morgan fingerprint density at radius 1 is 1.37 bits per heavy atom. The van der Waals surface area contributed by atoms with Gasteiger partial charge in [0.15, 0.2) is 6.61 Å². The highest BCUT2D eigenvalue weighted by molar-refractivity contribution is 5.33. The van der Waals surface area contributed by atoms with Crippen LogP contribution in [0.25, 0.3) is 0 Å². The summed E-state index contributed by atoms with van der Waals surface area (Å²) in [5.41, 5.74) is 1.000. The predicted molar refractivity (Wildman–Crippen MR) is 74.7 cm³/mol. The maximum atomic E-state index is 9.33. The van der Waals surface area contributed by atoms with Crippen LogP contribution in [0.2, 0.25) is 0 Å². The molecule has 1 aromatic rings. The third kappa shape index (κ3) is 5.73. The van der Waals surface area contributed by atoms with E-state index in [0.717, 1.165) is 17.7 Å². The molecule has 0 aliphatic carbocycles. The van der Waals surface area contributed by atoms with Crippen molar-refractivity contribution in [3.63, 3.8) is 0 Å². The summed E-state index contributed by atoms with van der Waals surface area (Å²) in [4.78, 5) is 0. The van der Waals surface area contributed by atoms with E-state index in [-0.39, 0.29) is 19.3 Å². The summed E-state index contributed by atoms with van der Waals surface area (Å²) in [7, 11) is 0. The molecule has 0 amide bonds. The van der Waals surface area contributed by atoms with Crippen molar-refractivity contribution in [2.45, 2.75) is 32.9 Å². The molecule has 0 heterocycles. The van der Waals surface area contributed by atoms with Crippen LogP contribution in [0.3, 0.4) is 0 Å². The summed E-state index contributed by atoms with van der Waals surface area (Å²) in [6.45, 7) is 5.06. The highest BCUT2D eigenvalue weighted by Crippen LogP contribution is 2.18. The second-order valence-electron chi connectivity index (χ2n) is 4.94. The van der Waals surface area contributed by atoms with Crippen LogP contribution in [0.4, 0.5) is 0 Å². The number of hydrogen-bond acceptors (Lipinski definition) is 4. The molecule has 19 heavy (non-hydrogen) atoms. The Labute approximate surface area is 115 Å². The minimum absolute atomic E-state index is 0.0481. The summed E-state index contributed by atoms with van der Waals surface area (Å²) < 4.78 is 5.37. The summed E-state index contributed by atoms with van der Waals surface area (Å²) in [6.07, 6.45) is 0.928. The fourth-order valence-electron chi connectivity index (χ4n) is 1.95. The number of benzene rings is 1. The highest BCUT2D eigenvalue weighted by atomic mass is 16.5. The number of hydrogen-bond donors (Lipinski definition) is 2. The molecular weight excluding hydrogens is 240 g/mol. The van der Waals surface area contributed by atoms with Crippen molar-refractivity contribution in [3.8, 4) is 11.8 Å². The average Bonchev–Trinajstić information content (AvgIpc) is 2.41. The summed E-state index contributed by atoms with van der Waals surface area (Å²) in [6, 6.07) is 9.68. The van der Waals surface area contributed by atoms with Gasteiger partial charge in [0, 0.05) is 18.2 Å². The quantitative estimate of drug-likeness (QED) is 0.753. The molecule has 0 radical (unpaired) electrons. The van der Waals surface area contributed by atoms with Gasteiger partial charge in [-0.2, -0.15) is 5.26 Å². The van der Waals surface area contributed by atoms with Gasteiger partial charge in [-0.1, -0.05) is 32.0 Å². The van der Waals surface area contributed by atoms with Crippen LogP contribution in [0.5, 0.6) is 5.75 Å². The highest BCUT2D eigenvalue weighted by Gasteiger charge is 2.10. The van der Waals surface area contributed by atoms with Crippen molar-refractivity contribution in [1.82, 2.24) is 5.32 Å². The SMILES string of the molecule is CC(C)CC(CO)NCc1ccccc1OCC#N. The van der Waals surface area contributed by atoms with Gasteiger partial charge in [0.2, 0.25) is 0 Å². The second kappa shape index (κ2) is 8.52. The maximum absolute atomic E-state index is 9.33. The molecule has 2 N–H and O–H groups in total. The van der Waals surface area contributed by atoms with E-state index >= 15 is 0 Å². The van der Waals surface area contributed by atoms with Crippen LogP contribution >= 0.6 is 0 Å². The number of ether oxygens (including phenoxy) is 1. The Hall–Kier alpha value is -1.57. The van der Waals surface area contributed by atoms with Crippen molar-refractivity contribution in [1.29, 1.82) is 5.26 Å². The third-order valence-electron chi connectivity index (χ3n) is 2.82. The predicted octanol–water partition coefficient (Wildman–Crippen LogP) is 2.09. The first-order chi connectivity index (χ1) is 9.17. The molecule has 1 rings (SSSR count). The van der Waals surface area contributed by atoms with Crippen molar-refractivity contribution >= 4 is 0 Å². The van der Waals surface area contributed by atoms with Gasteiger partial charge >= 0.3 is 0 Å². The smallest absolute Gasteiger partial charge is 0.174 e. The Morgan fingerprint density at radius 3 is 2.74 bits per heavy atom. The van der Waals surface area contributed by atoms with E-state index in [1.54, 1.807) is 0 Å². The Kier molecular flexibility index (Phi) is 6.94. The molecule has 0 spiro atoms. The Bertz CT molecular complexity index is 413. The molecule has 1 aromatic carbocycles. The van der Waals surface area contributed by atoms with Gasteiger partial charge in [-0.05, 0) is 18.4 Å². The van der Waals surface area contributed by atoms with E-state index < -0.39 is 0 Å². The Morgan fingerprint density at radius 2 is 2.11 bits per heavy atom. The van der Waals surface area contributed by atoms with E-state index in [4.69, 9.17) is 10.00 Å². The molecule has 0 saturated carbocycles. The van der Waals surface area contributed by atoms with Gasteiger partial charge in [0.05, 0.1) is 6.61 Å². The van der Waals surface area contributed by atoms with E-state index in [9.17, 15) is 5.11 Å². The number of nitriles is 1. The second-order valence-corrected chi connectivity index (χ2v) is 4.94. The summed E-state index contributed by atoms with van der Waals surface area (Å²) in [5.74, 6) is 1.26. The molecule has 104 valence electrons. The molecule has 0 aliphatic heterocycles. The van der Waals surface area contributed by atoms with Crippen molar-refractivity contribution in [2.24, 2.45) is 5.92 Å². The van der Waals surface area contributed by atoms with Crippen LogP contribution in [0.1, 0.15) is 25.8 Å². The monoisotopic (exact) mass is 262 g/mol. The number of nitrogens with one attached hydrogen (secondary N) is 1. The Balaban J connectivity index is 2.58. The molecule has 0 fully saturated rings. The zero-order chi connectivity index (χ0) is 14.1. The zero-order valence-electron chi connectivity index (χ0n) is 11.6. The minimum atomic E-state index is 0.0481. The van der Waals surface area contributed by atoms with E-state index in [0.29, 0.717) is 12.5 Å². The number of aliphatic hydroxyl groups excluding tert-OH is 1. The van der Waals surface area contributed by atoms with Crippen molar-refractivity contribution < 1.29 is 9.84 Å². The van der Waals surface area contributed by atoms with Gasteiger partial charge in [-0.3, -0.25) is 0 Å². The molecule has 0 saturated heterocycles. The van der Waals surface area contributed by atoms with E-state index in [1.807, 2.05) is 30.3 Å².